The van der Waals surface area contributed by atoms with Crippen molar-refractivity contribution in [2.75, 3.05) is 20.1 Å². The highest BCUT2D eigenvalue weighted by atomic mass is 14.9. The van der Waals surface area contributed by atoms with Crippen molar-refractivity contribution in [1.29, 1.82) is 0 Å². The van der Waals surface area contributed by atoms with Crippen molar-refractivity contribution in [3.8, 4) is 0 Å². The van der Waals surface area contributed by atoms with Gasteiger partial charge >= 0.3 is 0 Å². The van der Waals surface area contributed by atoms with Gasteiger partial charge in [-0.05, 0) is 25.8 Å². The van der Waals surface area contributed by atoms with Crippen LogP contribution in [-0.4, -0.2) is 26.9 Å². The van der Waals surface area contributed by atoms with Gasteiger partial charge in [-0.3, -0.25) is 4.99 Å². The van der Waals surface area contributed by atoms with Crippen molar-refractivity contribution in [1.82, 2.24) is 10.6 Å². The topological polar surface area (TPSA) is 36.4 Å². The highest BCUT2D eigenvalue weighted by Crippen LogP contribution is 2.19. The summed E-state index contributed by atoms with van der Waals surface area (Å²) in [6.45, 7) is 9.49. The van der Waals surface area contributed by atoms with Crippen molar-refractivity contribution >= 4 is 6.72 Å². The number of allylic oxidation sites excluding steroid dienone is 1. The maximum atomic E-state index is 4.03. The van der Waals surface area contributed by atoms with E-state index < -0.39 is 0 Å². The van der Waals surface area contributed by atoms with E-state index in [1.54, 1.807) is 0 Å². The Hall–Kier alpha value is -1.09. The number of nitrogens with zero attached hydrogens (tertiary/aromatic N) is 1. The largest absolute Gasteiger partial charge is 0.389 e. The van der Waals surface area contributed by atoms with E-state index in [1.165, 1.54) is 0 Å². The first kappa shape index (κ1) is 9.99. The first-order valence-corrected chi connectivity index (χ1v) is 4.53. The van der Waals surface area contributed by atoms with E-state index in [0.29, 0.717) is 5.92 Å². The average Bonchev–Trinajstić information content (AvgIpc) is 2.66. The highest BCUT2D eigenvalue weighted by Gasteiger charge is 2.17. The van der Waals surface area contributed by atoms with Crippen LogP contribution in [0, 0.1) is 5.92 Å². The summed E-state index contributed by atoms with van der Waals surface area (Å²) in [5.74, 6) is 0.502. The summed E-state index contributed by atoms with van der Waals surface area (Å²) in [5, 5.41) is 6.27. The molecule has 0 aromatic carbocycles. The molecule has 13 heavy (non-hydrogen) atoms. The molecule has 0 saturated carbocycles. The molecule has 0 aromatic rings. The third-order valence-electron chi connectivity index (χ3n) is 2.30. The van der Waals surface area contributed by atoms with Crippen LogP contribution < -0.4 is 10.6 Å². The molecule has 1 aliphatic heterocycles. The Kier molecular flexibility index (Phi) is 3.71. The quantitative estimate of drug-likeness (QED) is 0.497. The smallest absolute Gasteiger partial charge is 0.0460 e. The number of hydrogen-bond acceptors (Lipinski definition) is 3. The monoisotopic (exact) mass is 179 g/mol. The molecule has 3 nitrogen and oxygen atoms in total. The third kappa shape index (κ3) is 2.70. The van der Waals surface area contributed by atoms with Gasteiger partial charge in [-0.25, -0.2) is 0 Å². The van der Waals surface area contributed by atoms with Gasteiger partial charge in [-0.2, -0.15) is 0 Å². The SMILES string of the molecule is C=N/C(=C\C(=C)NC)C1CCNC1. The molecule has 0 spiro atoms. The van der Waals surface area contributed by atoms with Gasteiger partial charge < -0.3 is 10.6 Å². The molecule has 0 aromatic heterocycles. The van der Waals surface area contributed by atoms with E-state index in [-0.39, 0.29) is 0 Å². The first-order chi connectivity index (χ1) is 6.27. The van der Waals surface area contributed by atoms with Gasteiger partial charge in [-0.1, -0.05) is 6.58 Å². The summed E-state index contributed by atoms with van der Waals surface area (Å²) < 4.78 is 0. The van der Waals surface area contributed by atoms with E-state index in [0.717, 1.165) is 30.9 Å². The lowest BCUT2D eigenvalue weighted by atomic mass is 10.0. The minimum absolute atomic E-state index is 0.502. The summed E-state index contributed by atoms with van der Waals surface area (Å²) in [4.78, 5) is 4.03. The lowest BCUT2D eigenvalue weighted by Gasteiger charge is -2.09. The zero-order valence-corrected chi connectivity index (χ0v) is 8.14. The lowest BCUT2D eigenvalue weighted by Crippen LogP contribution is -2.11. The molecule has 1 saturated heterocycles. The third-order valence-corrected chi connectivity index (χ3v) is 2.30. The van der Waals surface area contributed by atoms with Crippen LogP contribution in [0.15, 0.2) is 29.0 Å². The summed E-state index contributed by atoms with van der Waals surface area (Å²) in [7, 11) is 1.85. The Balaban J connectivity index is 2.64. The fourth-order valence-electron chi connectivity index (χ4n) is 1.45. The highest BCUT2D eigenvalue weighted by molar-refractivity contribution is 5.33. The standard InChI is InChI=1S/C10H17N3/c1-8(11-2)6-10(12-3)9-4-5-13-7-9/h6,9,11,13H,1,3-5,7H2,2H3/b10-6-. The van der Waals surface area contributed by atoms with Crippen molar-refractivity contribution in [2.45, 2.75) is 6.42 Å². The van der Waals surface area contributed by atoms with Crippen LogP contribution in [0.4, 0.5) is 0 Å². The molecule has 1 rings (SSSR count). The Morgan fingerprint density at radius 1 is 1.69 bits per heavy atom. The van der Waals surface area contributed by atoms with Crippen LogP contribution in [0.3, 0.4) is 0 Å². The molecule has 0 radical (unpaired) electrons. The van der Waals surface area contributed by atoms with Gasteiger partial charge in [0, 0.05) is 30.9 Å². The lowest BCUT2D eigenvalue weighted by molar-refractivity contribution is 0.673. The van der Waals surface area contributed by atoms with E-state index >= 15 is 0 Å². The second kappa shape index (κ2) is 4.82. The predicted octanol–water partition coefficient (Wildman–Crippen LogP) is 0.913. The number of likely N-dealkylation sites (N-methyl/N-ethyl adjacent to an activating group) is 1. The van der Waals surface area contributed by atoms with Crippen molar-refractivity contribution in [3.63, 3.8) is 0 Å². The fourth-order valence-corrected chi connectivity index (χ4v) is 1.45. The van der Waals surface area contributed by atoms with E-state index in [1.807, 2.05) is 13.1 Å². The molecule has 1 aliphatic rings. The normalized spacial score (nSPS) is 22.8. The molecule has 0 amide bonds. The molecule has 1 heterocycles. The van der Waals surface area contributed by atoms with Crippen molar-refractivity contribution in [3.05, 3.63) is 24.0 Å². The molecular weight excluding hydrogens is 162 g/mol. The minimum Gasteiger partial charge on any atom is -0.389 e. The summed E-state index contributed by atoms with van der Waals surface area (Å²) in [5.41, 5.74) is 1.92. The Labute approximate surface area is 79.6 Å². The van der Waals surface area contributed by atoms with E-state index in [9.17, 15) is 0 Å². The molecule has 3 heteroatoms. The number of aliphatic imine (C=N–C) groups is 1. The van der Waals surface area contributed by atoms with Crippen LogP contribution in [0.2, 0.25) is 0 Å². The zero-order chi connectivity index (χ0) is 9.68. The van der Waals surface area contributed by atoms with Gasteiger partial charge in [0.1, 0.15) is 0 Å². The number of rotatable bonds is 4. The molecule has 0 bridgehead atoms. The maximum absolute atomic E-state index is 4.03. The molecule has 0 aliphatic carbocycles. The minimum atomic E-state index is 0.502. The average molecular weight is 179 g/mol. The van der Waals surface area contributed by atoms with Crippen LogP contribution in [0.5, 0.6) is 0 Å². The molecular formula is C10H17N3. The van der Waals surface area contributed by atoms with Gasteiger partial charge in [0.15, 0.2) is 0 Å². The fraction of sp³-hybridized carbons (Fsp3) is 0.500. The molecule has 1 fully saturated rings. The second-order valence-corrected chi connectivity index (χ2v) is 3.19. The van der Waals surface area contributed by atoms with E-state index in [4.69, 9.17) is 0 Å². The van der Waals surface area contributed by atoms with Gasteiger partial charge in [0.05, 0.1) is 0 Å². The number of nitrogens with one attached hydrogen (secondary N) is 2. The first-order valence-electron chi connectivity index (χ1n) is 4.53. The Morgan fingerprint density at radius 2 is 2.46 bits per heavy atom. The van der Waals surface area contributed by atoms with Gasteiger partial charge in [-0.15, -0.1) is 0 Å². The molecule has 2 N–H and O–H groups in total. The maximum Gasteiger partial charge on any atom is 0.0460 e. The zero-order valence-electron chi connectivity index (χ0n) is 8.14. The molecule has 1 unspecified atom stereocenters. The molecule has 1 atom stereocenters. The Bertz CT molecular complexity index is 224. The second-order valence-electron chi connectivity index (χ2n) is 3.19. The van der Waals surface area contributed by atoms with Crippen molar-refractivity contribution in [2.24, 2.45) is 10.9 Å². The summed E-state index contributed by atoms with van der Waals surface area (Å²) >= 11 is 0. The Morgan fingerprint density at radius 3 is 2.92 bits per heavy atom. The summed E-state index contributed by atoms with van der Waals surface area (Å²) in [6, 6.07) is 0. The van der Waals surface area contributed by atoms with Crippen LogP contribution in [-0.2, 0) is 0 Å². The van der Waals surface area contributed by atoms with E-state index in [2.05, 4.69) is 28.9 Å². The van der Waals surface area contributed by atoms with Crippen LogP contribution in [0.1, 0.15) is 6.42 Å². The van der Waals surface area contributed by atoms with Crippen LogP contribution >= 0.6 is 0 Å². The summed E-state index contributed by atoms with van der Waals surface area (Å²) in [6.07, 6.45) is 3.10. The van der Waals surface area contributed by atoms with Gasteiger partial charge in [0.25, 0.3) is 0 Å². The molecule has 72 valence electrons. The predicted molar refractivity (Wildman–Crippen MR) is 56.8 cm³/mol. The van der Waals surface area contributed by atoms with Crippen molar-refractivity contribution < 1.29 is 0 Å². The van der Waals surface area contributed by atoms with Crippen LogP contribution in [0.25, 0.3) is 0 Å². The number of hydrogen-bond donors (Lipinski definition) is 2. The van der Waals surface area contributed by atoms with Gasteiger partial charge in [0.2, 0.25) is 0 Å².